The van der Waals surface area contributed by atoms with Gasteiger partial charge in [-0.15, -0.1) is 0 Å². The second-order valence-electron chi connectivity index (χ2n) is 6.57. The van der Waals surface area contributed by atoms with Crippen molar-refractivity contribution in [3.05, 3.63) is 23.8 Å². The van der Waals surface area contributed by atoms with Gasteiger partial charge in [0.25, 0.3) is 0 Å². The fourth-order valence-corrected chi connectivity index (χ4v) is 4.64. The number of hydrogen-bond donors (Lipinski definition) is 0. The standard InChI is InChI=1S/C17H17NO5/c1-23-12-5-4-10(17(21)22)7-11(12)18-15(19)13-8-2-3-9(6-8)14(13)16(18)20/h4-5,7-9,13-14H,2-3,6H2,1H3,(H,21,22)/p-1. The molecule has 1 heterocycles. The van der Waals surface area contributed by atoms with Crippen molar-refractivity contribution >= 4 is 23.5 Å². The third kappa shape index (κ3) is 1.84. The molecule has 0 N–H and O–H groups in total. The smallest absolute Gasteiger partial charge is 0.238 e. The molecule has 0 aromatic heterocycles. The number of amides is 2. The number of imide groups is 1. The molecule has 6 heteroatoms. The number of methoxy groups -OCH3 is 1. The van der Waals surface area contributed by atoms with Crippen LogP contribution in [0.5, 0.6) is 5.75 Å². The van der Waals surface area contributed by atoms with E-state index in [-0.39, 0.29) is 46.7 Å². The predicted molar refractivity (Wildman–Crippen MR) is 77.6 cm³/mol. The maximum Gasteiger partial charge on any atom is 0.238 e. The van der Waals surface area contributed by atoms with Gasteiger partial charge >= 0.3 is 0 Å². The molecule has 6 nitrogen and oxygen atoms in total. The molecule has 4 unspecified atom stereocenters. The van der Waals surface area contributed by atoms with Crippen LogP contribution in [0.25, 0.3) is 0 Å². The van der Waals surface area contributed by atoms with E-state index in [1.165, 1.54) is 25.3 Å². The largest absolute Gasteiger partial charge is 0.545 e. The summed E-state index contributed by atoms with van der Waals surface area (Å²) in [5.74, 6) is -1.43. The fraction of sp³-hybridized carbons (Fsp3) is 0.471. The highest BCUT2D eigenvalue weighted by atomic mass is 16.5. The summed E-state index contributed by atoms with van der Waals surface area (Å²) in [7, 11) is 1.42. The van der Waals surface area contributed by atoms with E-state index < -0.39 is 5.97 Å². The van der Waals surface area contributed by atoms with E-state index in [2.05, 4.69) is 0 Å². The van der Waals surface area contributed by atoms with Gasteiger partial charge in [-0.1, -0.05) is 0 Å². The van der Waals surface area contributed by atoms with Gasteiger partial charge in [-0.05, 0) is 54.9 Å². The molecular weight excluding hydrogens is 298 g/mol. The number of carboxylic acids is 1. The minimum absolute atomic E-state index is 0.0820. The molecule has 4 atom stereocenters. The maximum absolute atomic E-state index is 12.8. The highest BCUT2D eigenvalue weighted by Gasteiger charge is 2.61. The molecule has 3 aliphatic rings. The van der Waals surface area contributed by atoms with Gasteiger partial charge in [0.1, 0.15) is 5.75 Å². The first kappa shape index (κ1) is 14.2. The van der Waals surface area contributed by atoms with Crippen LogP contribution in [0.1, 0.15) is 29.6 Å². The number of carbonyl (C=O) groups excluding carboxylic acids is 3. The van der Waals surface area contributed by atoms with Gasteiger partial charge in [-0.2, -0.15) is 0 Å². The molecule has 1 aromatic rings. The number of nitrogens with zero attached hydrogens (tertiary/aromatic N) is 1. The monoisotopic (exact) mass is 314 g/mol. The number of benzene rings is 1. The van der Waals surface area contributed by atoms with Crippen LogP contribution in [-0.2, 0) is 9.59 Å². The van der Waals surface area contributed by atoms with Crippen LogP contribution in [0.4, 0.5) is 5.69 Å². The lowest BCUT2D eigenvalue weighted by Gasteiger charge is -2.20. The Bertz CT molecular complexity index is 700. The minimum atomic E-state index is -1.35. The first-order chi connectivity index (χ1) is 11.0. The Morgan fingerprint density at radius 1 is 1.17 bits per heavy atom. The van der Waals surface area contributed by atoms with Crippen LogP contribution in [0.15, 0.2) is 18.2 Å². The average molecular weight is 314 g/mol. The van der Waals surface area contributed by atoms with Crippen LogP contribution in [0, 0.1) is 23.7 Å². The summed E-state index contributed by atoms with van der Waals surface area (Å²) in [4.78, 5) is 37.9. The number of carboxylic acid groups (broad SMARTS) is 1. The Hall–Kier alpha value is -2.37. The number of aromatic carboxylic acids is 1. The summed E-state index contributed by atoms with van der Waals surface area (Å²) in [6.07, 6.45) is 2.95. The Labute approximate surface area is 133 Å². The molecule has 3 fully saturated rings. The molecule has 1 aliphatic heterocycles. The highest BCUT2D eigenvalue weighted by Crippen LogP contribution is 2.57. The first-order valence-corrected chi connectivity index (χ1v) is 7.80. The highest BCUT2D eigenvalue weighted by molar-refractivity contribution is 6.23. The zero-order valence-electron chi connectivity index (χ0n) is 12.7. The molecule has 120 valence electrons. The first-order valence-electron chi connectivity index (χ1n) is 7.80. The molecule has 0 radical (unpaired) electrons. The van der Waals surface area contributed by atoms with Gasteiger partial charge in [0, 0.05) is 0 Å². The zero-order valence-corrected chi connectivity index (χ0v) is 12.7. The number of hydrogen-bond acceptors (Lipinski definition) is 5. The molecule has 2 aliphatic carbocycles. The van der Waals surface area contributed by atoms with E-state index in [0.29, 0.717) is 5.75 Å². The quantitative estimate of drug-likeness (QED) is 0.762. The van der Waals surface area contributed by atoms with Gasteiger partial charge in [-0.25, -0.2) is 4.90 Å². The van der Waals surface area contributed by atoms with Crippen molar-refractivity contribution in [3.63, 3.8) is 0 Å². The Morgan fingerprint density at radius 2 is 1.78 bits per heavy atom. The molecule has 2 bridgehead atoms. The summed E-state index contributed by atoms with van der Waals surface area (Å²) < 4.78 is 5.22. The number of anilines is 1. The molecule has 23 heavy (non-hydrogen) atoms. The third-order valence-corrected chi connectivity index (χ3v) is 5.58. The second kappa shape index (κ2) is 4.81. The van der Waals surface area contributed by atoms with Crippen LogP contribution >= 0.6 is 0 Å². The van der Waals surface area contributed by atoms with E-state index in [1.807, 2.05) is 0 Å². The van der Waals surface area contributed by atoms with E-state index >= 15 is 0 Å². The van der Waals surface area contributed by atoms with E-state index in [0.717, 1.165) is 24.2 Å². The lowest BCUT2D eigenvalue weighted by atomic mass is 9.81. The Morgan fingerprint density at radius 3 is 2.30 bits per heavy atom. The Kier molecular flexibility index (Phi) is 2.98. The number of rotatable bonds is 3. The van der Waals surface area contributed by atoms with E-state index in [9.17, 15) is 19.5 Å². The third-order valence-electron chi connectivity index (χ3n) is 5.58. The fourth-order valence-electron chi connectivity index (χ4n) is 4.64. The molecule has 1 saturated heterocycles. The molecule has 4 rings (SSSR count). The van der Waals surface area contributed by atoms with Crippen molar-refractivity contribution in [2.24, 2.45) is 23.7 Å². The van der Waals surface area contributed by atoms with Crippen LogP contribution < -0.4 is 14.7 Å². The molecule has 2 amide bonds. The van der Waals surface area contributed by atoms with Crippen LogP contribution in [0.3, 0.4) is 0 Å². The lowest BCUT2D eigenvalue weighted by Crippen LogP contribution is -2.33. The zero-order chi connectivity index (χ0) is 16.3. The van der Waals surface area contributed by atoms with Gasteiger partial charge in [-0.3, -0.25) is 9.59 Å². The SMILES string of the molecule is COc1ccc(C(=O)[O-])cc1N1C(=O)C2C3CCC(C3)C2C1=O. The van der Waals surface area contributed by atoms with Crippen molar-refractivity contribution in [2.45, 2.75) is 19.3 Å². The van der Waals surface area contributed by atoms with Crippen LogP contribution in [0.2, 0.25) is 0 Å². The van der Waals surface area contributed by atoms with Crippen molar-refractivity contribution in [3.8, 4) is 5.75 Å². The average Bonchev–Trinajstić information content (AvgIpc) is 3.21. The number of ether oxygens (including phenoxy) is 1. The summed E-state index contributed by atoms with van der Waals surface area (Å²) in [5.41, 5.74) is 0.124. The topological polar surface area (TPSA) is 86.7 Å². The summed E-state index contributed by atoms with van der Waals surface area (Å²) in [6.45, 7) is 0. The minimum Gasteiger partial charge on any atom is -0.545 e. The van der Waals surface area contributed by atoms with Gasteiger partial charge in [0.15, 0.2) is 0 Å². The molecular formula is C17H16NO5-. The van der Waals surface area contributed by atoms with Crippen molar-refractivity contribution in [1.29, 1.82) is 0 Å². The van der Waals surface area contributed by atoms with Crippen LogP contribution in [-0.4, -0.2) is 24.9 Å². The maximum atomic E-state index is 12.8. The normalized spacial score (nSPS) is 31.6. The van der Waals surface area contributed by atoms with Gasteiger partial charge in [0.2, 0.25) is 11.8 Å². The van der Waals surface area contributed by atoms with Gasteiger partial charge in [0.05, 0.1) is 30.6 Å². The number of fused-ring (bicyclic) bond motifs is 5. The van der Waals surface area contributed by atoms with Crippen molar-refractivity contribution < 1.29 is 24.2 Å². The molecule has 1 aromatic carbocycles. The summed E-state index contributed by atoms with van der Waals surface area (Å²) in [5, 5.41) is 11.1. The predicted octanol–water partition coefficient (Wildman–Crippen LogP) is 0.594. The van der Waals surface area contributed by atoms with Crippen molar-refractivity contribution in [2.75, 3.05) is 12.0 Å². The molecule has 0 spiro atoms. The molecule has 2 saturated carbocycles. The van der Waals surface area contributed by atoms with Gasteiger partial charge < -0.3 is 14.6 Å². The summed E-state index contributed by atoms with van der Waals surface area (Å²) in [6, 6.07) is 4.07. The van der Waals surface area contributed by atoms with E-state index in [1.54, 1.807) is 0 Å². The second-order valence-corrected chi connectivity index (χ2v) is 6.57. The van der Waals surface area contributed by atoms with Crippen molar-refractivity contribution in [1.82, 2.24) is 0 Å². The lowest BCUT2D eigenvalue weighted by molar-refractivity contribution is -0.255. The number of carbonyl (C=O) groups is 3. The Balaban J connectivity index is 1.79. The summed E-state index contributed by atoms with van der Waals surface area (Å²) >= 11 is 0. The van der Waals surface area contributed by atoms with E-state index in [4.69, 9.17) is 4.74 Å².